The molecule has 1 aliphatic heterocycles. The van der Waals surface area contributed by atoms with E-state index in [2.05, 4.69) is 57.3 Å². The second kappa shape index (κ2) is 8.30. The summed E-state index contributed by atoms with van der Waals surface area (Å²) in [6, 6.07) is 22.7. The van der Waals surface area contributed by atoms with Gasteiger partial charge in [0.15, 0.2) is 0 Å². The maximum atomic E-state index is 10.5. The Bertz CT molecular complexity index is 1150. The van der Waals surface area contributed by atoms with Gasteiger partial charge >= 0.3 is 0 Å². The van der Waals surface area contributed by atoms with Crippen LogP contribution < -0.4 is 4.74 Å². The number of β-amino-alcohol motifs (C(OH)–C–C–N with tert-alkyl or cyclic N) is 1. The third-order valence-electron chi connectivity index (χ3n) is 5.71. The number of H-pyrrole nitrogens is 1. The smallest absolute Gasteiger partial charge is 0.120 e. The number of hydrogen-bond acceptors (Lipinski definition) is 4. The van der Waals surface area contributed by atoms with E-state index in [9.17, 15) is 5.11 Å². The predicted molar refractivity (Wildman–Crippen MR) is 118 cm³/mol. The lowest BCUT2D eigenvalue weighted by Crippen LogP contribution is -2.38. The Hall–Kier alpha value is -3.15. The van der Waals surface area contributed by atoms with Crippen LogP contribution in [0.15, 0.2) is 73.1 Å². The lowest BCUT2D eigenvalue weighted by Gasteiger charge is -2.30. The molecule has 2 N–H and O–H groups in total. The molecule has 5 rings (SSSR count). The average molecular weight is 399 g/mol. The van der Waals surface area contributed by atoms with Crippen LogP contribution in [0.1, 0.15) is 11.1 Å². The van der Waals surface area contributed by atoms with Gasteiger partial charge in [0.25, 0.3) is 0 Å². The van der Waals surface area contributed by atoms with E-state index < -0.39 is 6.10 Å². The van der Waals surface area contributed by atoms with Gasteiger partial charge in [-0.1, -0.05) is 42.5 Å². The first kappa shape index (κ1) is 18.9. The second-order valence-corrected chi connectivity index (χ2v) is 7.88. The van der Waals surface area contributed by atoms with Crippen LogP contribution in [0, 0.1) is 0 Å². The summed E-state index contributed by atoms with van der Waals surface area (Å²) >= 11 is 0. The van der Waals surface area contributed by atoms with Crippen molar-refractivity contribution in [2.24, 2.45) is 0 Å². The lowest BCUT2D eigenvalue weighted by atomic mass is 10.00. The number of aromatic nitrogens is 2. The van der Waals surface area contributed by atoms with Crippen molar-refractivity contribution in [2.75, 3.05) is 19.7 Å². The Balaban J connectivity index is 1.20. The maximum Gasteiger partial charge on any atom is 0.120 e. The minimum absolute atomic E-state index is 0.279. The molecular weight excluding hydrogens is 374 g/mol. The molecule has 30 heavy (non-hydrogen) atoms. The molecule has 0 radical (unpaired) electrons. The van der Waals surface area contributed by atoms with Gasteiger partial charge in [-0.3, -0.25) is 4.90 Å². The Kier molecular flexibility index (Phi) is 5.22. The van der Waals surface area contributed by atoms with Gasteiger partial charge in [0.05, 0.1) is 17.4 Å². The largest absolute Gasteiger partial charge is 0.491 e. The van der Waals surface area contributed by atoms with E-state index in [1.807, 2.05) is 24.3 Å². The first-order valence-corrected chi connectivity index (χ1v) is 10.4. The molecule has 0 spiro atoms. The van der Waals surface area contributed by atoms with Crippen LogP contribution in [-0.4, -0.2) is 45.8 Å². The fourth-order valence-electron chi connectivity index (χ4n) is 4.13. The maximum absolute atomic E-state index is 10.5. The zero-order valence-corrected chi connectivity index (χ0v) is 16.8. The average Bonchev–Trinajstić information content (AvgIpc) is 3.26. The summed E-state index contributed by atoms with van der Waals surface area (Å²) in [4.78, 5) is 9.72. The van der Waals surface area contributed by atoms with E-state index in [1.54, 1.807) is 6.33 Å². The summed E-state index contributed by atoms with van der Waals surface area (Å²) in [5.74, 6) is 0.764. The number of imidazole rings is 1. The zero-order chi connectivity index (χ0) is 20.3. The highest BCUT2D eigenvalue weighted by atomic mass is 16.5. The topological polar surface area (TPSA) is 61.4 Å². The van der Waals surface area contributed by atoms with Crippen molar-refractivity contribution >= 4 is 11.0 Å². The summed E-state index contributed by atoms with van der Waals surface area (Å²) in [5.41, 5.74) is 6.92. The number of hydrogen-bond donors (Lipinski definition) is 2. The van der Waals surface area contributed by atoms with Crippen molar-refractivity contribution in [3.05, 3.63) is 84.2 Å². The highest BCUT2D eigenvalue weighted by Crippen LogP contribution is 2.26. The van der Waals surface area contributed by atoms with Crippen molar-refractivity contribution in [3.63, 3.8) is 0 Å². The fourth-order valence-corrected chi connectivity index (χ4v) is 4.13. The first-order valence-electron chi connectivity index (χ1n) is 10.4. The van der Waals surface area contributed by atoms with E-state index in [0.29, 0.717) is 6.54 Å². The van der Waals surface area contributed by atoms with E-state index in [4.69, 9.17) is 4.74 Å². The zero-order valence-electron chi connectivity index (χ0n) is 16.8. The third-order valence-corrected chi connectivity index (χ3v) is 5.71. The van der Waals surface area contributed by atoms with Crippen LogP contribution >= 0.6 is 0 Å². The summed E-state index contributed by atoms with van der Waals surface area (Å²) < 4.78 is 5.92. The second-order valence-electron chi connectivity index (χ2n) is 7.88. The van der Waals surface area contributed by atoms with Crippen molar-refractivity contribution in [1.29, 1.82) is 0 Å². The number of rotatable bonds is 6. The molecule has 5 nitrogen and oxygen atoms in total. The Labute approximate surface area is 176 Å². The number of benzene rings is 3. The van der Waals surface area contributed by atoms with Crippen LogP contribution in [0.2, 0.25) is 0 Å². The first-order chi connectivity index (χ1) is 14.7. The van der Waals surface area contributed by atoms with Gasteiger partial charge in [-0.05, 0) is 52.9 Å². The van der Waals surface area contributed by atoms with Crippen molar-refractivity contribution < 1.29 is 9.84 Å². The minimum Gasteiger partial charge on any atom is -0.491 e. The number of fused-ring (bicyclic) bond motifs is 2. The van der Waals surface area contributed by atoms with Crippen LogP contribution in [0.4, 0.5) is 0 Å². The summed E-state index contributed by atoms with van der Waals surface area (Å²) in [6.07, 6.45) is 2.21. The van der Waals surface area contributed by atoms with Gasteiger partial charge in [-0.15, -0.1) is 0 Å². The van der Waals surface area contributed by atoms with Crippen LogP contribution in [-0.2, 0) is 13.0 Å². The molecule has 5 heteroatoms. The molecule has 1 aromatic heterocycles. The summed E-state index contributed by atoms with van der Waals surface area (Å²) in [7, 11) is 0. The molecule has 0 bridgehead atoms. The normalized spacial score (nSPS) is 15.1. The molecule has 1 atom stereocenters. The van der Waals surface area contributed by atoms with Gasteiger partial charge in [0.1, 0.15) is 18.5 Å². The fraction of sp³-hybridized carbons (Fsp3) is 0.240. The molecule has 3 aromatic carbocycles. The van der Waals surface area contributed by atoms with Crippen molar-refractivity contribution in [2.45, 2.75) is 19.1 Å². The van der Waals surface area contributed by atoms with Gasteiger partial charge < -0.3 is 14.8 Å². The number of aromatic amines is 1. The Morgan fingerprint density at radius 1 is 1.00 bits per heavy atom. The lowest BCUT2D eigenvalue weighted by molar-refractivity contribution is 0.0638. The summed E-state index contributed by atoms with van der Waals surface area (Å²) in [5, 5.41) is 10.5. The molecular formula is C25H25N3O2. The quantitative estimate of drug-likeness (QED) is 0.514. The Morgan fingerprint density at radius 2 is 1.87 bits per heavy atom. The van der Waals surface area contributed by atoms with Gasteiger partial charge in [0.2, 0.25) is 0 Å². The van der Waals surface area contributed by atoms with Crippen molar-refractivity contribution in [1.82, 2.24) is 14.9 Å². The van der Waals surface area contributed by atoms with E-state index in [1.165, 1.54) is 11.1 Å². The minimum atomic E-state index is -0.528. The monoisotopic (exact) mass is 399 g/mol. The molecule has 4 aromatic rings. The van der Waals surface area contributed by atoms with Gasteiger partial charge in [-0.2, -0.15) is 0 Å². The molecule has 0 saturated heterocycles. The standard InChI is InChI=1S/C25H25N3O2/c29-22(15-28-11-10-18-4-1-2-5-21(18)14-28)16-30-23-7-3-6-19(12-23)20-8-9-24-25(13-20)27-17-26-24/h1-9,12-13,17,22,29H,10-11,14-16H2,(H,26,27). The van der Waals surface area contributed by atoms with Gasteiger partial charge in [0, 0.05) is 19.6 Å². The molecule has 0 fully saturated rings. The van der Waals surface area contributed by atoms with Crippen molar-refractivity contribution in [3.8, 4) is 16.9 Å². The molecule has 0 amide bonds. The predicted octanol–water partition coefficient (Wildman–Crippen LogP) is 4.03. The third kappa shape index (κ3) is 4.08. The number of nitrogens with one attached hydrogen (secondary N) is 1. The van der Waals surface area contributed by atoms with E-state index in [0.717, 1.165) is 47.4 Å². The molecule has 152 valence electrons. The van der Waals surface area contributed by atoms with Crippen LogP contribution in [0.3, 0.4) is 0 Å². The Morgan fingerprint density at radius 3 is 2.80 bits per heavy atom. The highest BCUT2D eigenvalue weighted by Gasteiger charge is 2.18. The molecule has 1 aliphatic rings. The van der Waals surface area contributed by atoms with Crippen LogP contribution in [0.25, 0.3) is 22.2 Å². The highest BCUT2D eigenvalue weighted by molar-refractivity contribution is 5.81. The number of aliphatic hydroxyl groups excluding tert-OH is 1. The SMILES string of the molecule is OC(COc1cccc(-c2ccc3nc[nH]c3c2)c1)CN1CCc2ccccc2C1. The number of aliphatic hydroxyl groups is 1. The molecule has 2 heterocycles. The van der Waals surface area contributed by atoms with Crippen LogP contribution in [0.5, 0.6) is 5.75 Å². The summed E-state index contributed by atoms with van der Waals surface area (Å²) in [6.45, 7) is 2.75. The van der Waals surface area contributed by atoms with E-state index >= 15 is 0 Å². The number of nitrogens with zero attached hydrogens (tertiary/aromatic N) is 2. The molecule has 0 aliphatic carbocycles. The molecule has 1 unspecified atom stereocenters. The number of ether oxygens (including phenoxy) is 1. The van der Waals surface area contributed by atoms with Gasteiger partial charge in [-0.25, -0.2) is 4.98 Å². The van der Waals surface area contributed by atoms with E-state index in [-0.39, 0.29) is 6.61 Å². The molecule has 0 saturated carbocycles.